The van der Waals surface area contributed by atoms with Gasteiger partial charge in [-0.05, 0) is 61.7 Å². The normalized spacial score (nSPS) is 10.8. The van der Waals surface area contributed by atoms with Gasteiger partial charge in [0.05, 0.1) is 23.5 Å². The fourth-order valence-corrected chi connectivity index (χ4v) is 2.13. The standard InChI is InChI=1S/C17H22N4/c1-14(2)11-19-9-3-4-16-12-20-21(13-16)17-7-5-15(10-18)6-8-17/h5-8,12-14,19H,3-4,9,11H2,1-2H3. The minimum atomic E-state index is 0.669. The van der Waals surface area contributed by atoms with Gasteiger partial charge in [-0.25, -0.2) is 4.68 Å². The van der Waals surface area contributed by atoms with E-state index in [1.165, 1.54) is 5.56 Å². The molecular weight excluding hydrogens is 260 g/mol. The van der Waals surface area contributed by atoms with Crippen LogP contribution in [0.5, 0.6) is 0 Å². The molecule has 0 spiro atoms. The molecule has 21 heavy (non-hydrogen) atoms. The molecule has 1 heterocycles. The SMILES string of the molecule is CC(C)CNCCCc1cnn(-c2ccc(C#N)cc2)c1. The van der Waals surface area contributed by atoms with Gasteiger partial charge in [-0.2, -0.15) is 10.4 Å². The van der Waals surface area contributed by atoms with Gasteiger partial charge >= 0.3 is 0 Å². The lowest BCUT2D eigenvalue weighted by Gasteiger charge is -2.06. The lowest BCUT2D eigenvalue weighted by atomic mass is 10.2. The van der Waals surface area contributed by atoms with Crippen molar-refractivity contribution in [2.75, 3.05) is 13.1 Å². The fraction of sp³-hybridized carbons (Fsp3) is 0.412. The molecule has 0 aliphatic heterocycles. The number of nitrogens with zero attached hydrogens (tertiary/aromatic N) is 3. The van der Waals surface area contributed by atoms with Crippen LogP contribution >= 0.6 is 0 Å². The number of hydrogen-bond donors (Lipinski definition) is 1. The highest BCUT2D eigenvalue weighted by Gasteiger charge is 2.01. The topological polar surface area (TPSA) is 53.6 Å². The number of rotatable bonds is 7. The second kappa shape index (κ2) is 7.61. The Morgan fingerprint density at radius 2 is 2.05 bits per heavy atom. The van der Waals surface area contributed by atoms with E-state index in [1.54, 1.807) is 0 Å². The second-order valence-corrected chi connectivity index (χ2v) is 5.65. The van der Waals surface area contributed by atoms with Crippen molar-refractivity contribution < 1.29 is 0 Å². The summed E-state index contributed by atoms with van der Waals surface area (Å²) in [7, 11) is 0. The average molecular weight is 282 g/mol. The molecule has 4 nitrogen and oxygen atoms in total. The number of aromatic nitrogens is 2. The molecule has 110 valence electrons. The maximum atomic E-state index is 8.80. The molecule has 1 aromatic heterocycles. The minimum absolute atomic E-state index is 0.669. The molecule has 0 radical (unpaired) electrons. The van der Waals surface area contributed by atoms with E-state index in [1.807, 2.05) is 35.1 Å². The van der Waals surface area contributed by atoms with Crippen LogP contribution in [-0.4, -0.2) is 22.9 Å². The van der Waals surface area contributed by atoms with Gasteiger partial charge < -0.3 is 5.32 Å². The van der Waals surface area contributed by atoms with Crippen molar-refractivity contribution in [2.45, 2.75) is 26.7 Å². The Balaban J connectivity index is 1.85. The van der Waals surface area contributed by atoms with Crippen LogP contribution in [0, 0.1) is 17.2 Å². The Kier molecular flexibility index (Phi) is 5.53. The predicted octanol–water partition coefficient (Wildman–Crippen LogP) is 2.92. The Labute approximate surface area is 126 Å². The van der Waals surface area contributed by atoms with Gasteiger partial charge in [0.15, 0.2) is 0 Å². The molecule has 0 saturated heterocycles. The van der Waals surface area contributed by atoms with Gasteiger partial charge in [0, 0.05) is 6.20 Å². The lowest BCUT2D eigenvalue weighted by molar-refractivity contribution is 0.543. The van der Waals surface area contributed by atoms with Crippen molar-refractivity contribution in [1.82, 2.24) is 15.1 Å². The highest BCUT2D eigenvalue weighted by atomic mass is 15.3. The van der Waals surface area contributed by atoms with Crippen LogP contribution in [0.25, 0.3) is 5.69 Å². The zero-order valence-electron chi connectivity index (χ0n) is 12.7. The Morgan fingerprint density at radius 1 is 1.29 bits per heavy atom. The summed E-state index contributed by atoms with van der Waals surface area (Å²) < 4.78 is 1.86. The predicted molar refractivity (Wildman–Crippen MR) is 84.3 cm³/mol. The Hall–Kier alpha value is -2.12. The Morgan fingerprint density at radius 3 is 2.71 bits per heavy atom. The first-order valence-electron chi connectivity index (χ1n) is 7.44. The summed E-state index contributed by atoms with van der Waals surface area (Å²) in [6, 6.07) is 9.58. The first-order chi connectivity index (χ1) is 10.2. The number of benzene rings is 1. The monoisotopic (exact) mass is 282 g/mol. The van der Waals surface area contributed by atoms with Crippen molar-refractivity contribution in [3.05, 3.63) is 47.8 Å². The summed E-state index contributed by atoms with van der Waals surface area (Å²) in [6.45, 7) is 6.55. The van der Waals surface area contributed by atoms with Gasteiger partial charge in [0.1, 0.15) is 0 Å². The summed E-state index contributed by atoms with van der Waals surface area (Å²) in [6.07, 6.45) is 6.12. The van der Waals surface area contributed by atoms with Gasteiger partial charge in [-0.15, -0.1) is 0 Å². The van der Waals surface area contributed by atoms with E-state index in [9.17, 15) is 0 Å². The third-order valence-corrected chi connectivity index (χ3v) is 3.27. The highest BCUT2D eigenvalue weighted by molar-refractivity contribution is 5.39. The first-order valence-corrected chi connectivity index (χ1v) is 7.44. The number of hydrogen-bond acceptors (Lipinski definition) is 3. The van der Waals surface area contributed by atoms with Crippen molar-refractivity contribution in [3.8, 4) is 11.8 Å². The Bertz CT molecular complexity index is 590. The quantitative estimate of drug-likeness (QED) is 0.794. The summed E-state index contributed by atoms with van der Waals surface area (Å²) in [5.74, 6) is 0.698. The molecule has 0 fully saturated rings. The van der Waals surface area contributed by atoms with E-state index in [4.69, 9.17) is 5.26 Å². The zero-order valence-corrected chi connectivity index (χ0v) is 12.7. The fourth-order valence-electron chi connectivity index (χ4n) is 2.13. The third kappa shape index (κ3) is 4.73. The number of aryl methyl sites for hydroxylation is 1. The summed E-state index contributed by atoms with van der Waals surface area (Å²) in [5, 5.41) is 16.6. The zero-order chi connectivity index (χ0) is 15.1. The van der Waals surface area contributed by atoms with Crippen LogP contribution < -0.4 is 5.32 Å². The van der Waals surface area contributed by atoms with E-state index < -0.39 is 0 Å². The van der Waals surface area contributed by atoms with Crippen LogP contribution in [0.2, 0.25) is 0 Å². The largest absolute Gasteiger partial charge is 0.316 e. The van der Waals surface area contributed by atoms with Crippen LogP contribution in [0.4, 0.5) is 0 Å². The molecule has 0 aliphatic rings. The highest BCUT2D eigenvalue weighted by Crippen LogP contribution is 2.10. The molecule has 0 saturated carbocycles. The van der Waals surface area contributed by atoms with Crippen molar-refractivity contribution in [2.24, 2.45) is 5.92 Å². The van der Waals surface area contributed by atoms with Gasteiger partial charge in [-0.1, -0.05) is 13.8 Å². The van der Waals surface area contributed by atoms with Gasteiger partial charge in [0.25, 0.3) is 0 Å². The molecule has 0 bridgehead atoms. The van der Waals surface area contributed by atoms with E-state index in [0.29, 0.717) is 11.5 Å². The van der Waals surface area contributed by atoms with Gasteiger partial charge in [-0.3, -0.25) is 0 Å². The van der Waals surface area contributed by atoms with E-state index >= 15 is 0 Å². The number of nitrogens with one attached hydrogen (secondary N) is 1. The molecular formula is C17H22N4. The summed E-state index contributed by atoms with van der Waals surface area (Å²) in [4.78, 5) is 0. The average Bonchev–Trinajstić information content (AvgIpc) is 2.95. The molecule has 2 aromatic rings. The number of nitriles is 1. The molecule has 4 heteroatoms. The van der Waals surface area contributed by atoms with E-state index in [-0.39, 0.29) is 0 Å². The van der Waals surface area contributed by atoms with Crippen LogP contribution in [-0.2, 0) is 6.42 Å². The summed E-state index contributed by atoms with van der Waals surface area (Å²) in [5.41, 5.74) is 2.89. The van der Waals surface area contributed by atoms with Crippen molar-refractivity contribution in [1.29, 1.82) is 5.26 Å². The van der Waals surface area contributed by atoms with Crippen molar-refractivity contribution >= 4 is 0 Å². The van der Waals surface area contributed by atoms with E-state index in [2.05, 4.69) is 36.5 Å². The maximum Gasteiger partial charge on any atom is 0.0991 e. The van der Waals surface area contributed by atoms with E-state index in [0.717, 1.165) is 31.6 Å². The molecule has 0 unspecified atom stereocenters. The van der Waals surface area contributed by atoms with Gasteiger partial charge in [0.2, 0.25) is 0 Å². The molecule has 0 atom stereocenters. The van der Waals surface area contributed by atoms with Crippen LogP contribution in [0.3, 0.4) is 0 Å². The second-order valence-electron chi connectivity index (χ2n) is 5.65. The van der Waals surface area contributed by atoms with Crippen molar-refractivity contribution in [3.63, 3.8) is 0 Å². The molecule has 1 N–H and O–H groups in total. The lowest BCUT2D eigenvalue weighted by Crippen LogP contribution is -2.20. The summed E-state index contributed by atoms with van der Waals surface area (Å²) >= 11 is 0. The molecule has 2 rings (SSSR count). The van der Waals surface area contributed by atoms with Crippen LogP contribution in [0.15, 0.2) is 36.7 Å². The maximum absolute atomic E-state index is 8.80. The molecule has 0 aliphatic carbocycles. The molecule has 1 aromatic carbocycles. The van der Waals surface area contributed by atoms with Crippen LogP contribution in [0.1, 0.15) is 31.4 Å². The third-order valence-electron chi connectivity index (χ3n) is 3.27. The first kappa shape index (κ1) is 15.3. The smallest absolute Gasteiger partial charge is 0.0991 e. The minimum Gasteiger partial charge on any atom is -0.316 e. The molecule has 0 amide bonds.